The molecule has 0 N–H and O–H groups in total. The van der Waals surface area contributed by atoms with E-state index >= 15 is 0 Å². The van der Waals surface area contributed by atoms with Crippen LogP contribution in [0.5, 0.6) is 0 Å². The Morgan fingerprint density at radius 3 is 2.94 bits per heavy atom. The van der Waals surface area contributed by atoms with Gasteiger partial charge in [0.1, 0.15) is 0 Å². The SMILES string of the molecule is CCCCCC(=O)OCC1(C)CCC2OC2C1. The van der Waals surface area contributed by atoms with E-state index in [1.807, 2.05) is 0 Å². The zero-order valence-electron chi connectivity index (χ0n) is 11.0. The van der Waals surface area contributed by atoms with Gasteiger partial charge < -0.3 is 9.47 Å². The molecule has 98 valence electrons. The number of epoxide rings is 1. The van der Waals surface area contributed by atoms with Gasteiger partial charge >= 0.3 is 5.97 Å². The quantitative estimate of drug-likeness (QED) is 0.407. The van der Waals surface area contributed by atoms with Gasteiger partial charge in [0.2, 0.25) is 0 Å². The molecule has 3 nitrogen and oxygen atoms in total. The predicted octanol–water partition coefficient (Wildman–Crippen LogP) is 3.07. The normalized spacial score (nSPS) is 35.2. The summed E-state index contributed by atoms with van der Waals surface area (Å²) in [6.45, 7) is 4.93. The van der Waals surface area contributed by atoms with Crippen molar-refractivity contribution in [2.45, 2.75) is 71.0 Å². The molecule has 1 saturated heterocycles. The fourth-order valence-electron chi connectivity index (χ4n) is 2.67. The summed E-state index contributed by atoms with van der Waals surface area (Å²) in [5.74, 6) is -0.0292. The van der Waals surface area contributed by atoms with Gasteiger partial charge in [-0.2, -0.15) is 0 Å². The second kappa shape index (κ2) is 5.38. The van der Waals surface area contributed by atoms with Gasteiger partial charge in [0.25, 0.3) is 0 Å². The number of rotatable bonds is 6. The molecule has 1 heterocycles. The van der Waals surface area contributed by atoms with Crippen molar-refractivity contribution in [3.63, 3.8) is 0 Å². The summed E-state index contributed by atoms with van der Waals surface area (Å²) in [7, 11) is 0. The summed E-state index contributed by atoms with van der Waals surface area (Å²) in [5, 5.41) is 0. The molecule has 1 aliphatic heterocycles. The van der Waals surface area contributed by atoms with Gasteiger partial charge in [0.05, 0.1) is 18.8 Å². The molecule has 0 amide bonds. The summed E-state index contributed by atoms with van der Waals surface area (Å²) in [6, 6.07) is 0. The van der Waals surface area contributed by atoms with Crippen molar-refractivity contribution in [2.24, 2.45) is 5.41 Å². The Kier molecular flexibility index (Phi) is 4.08. The van der Waals surface area contributed by atoms with Crippen LogP contribution in [0.3, 0.4) is 0 Å². The Hall–Kier alpha value is -0.570. The van der Waals surface area contributed by atoms with Crippen molar-refractivity contribution < 1.29 is 14.3 Å². The highest BCUT2D eigenvalue weighted by atomic mass is 16.6. The van der Waals surface area contributed by atoms with Crippen LogP contribution in [0.15, 0.2) is 0 Å². The fourth-order valence-corrected chi connectivity index (χ4v) is 2.67. The molecule has 3 unspecified atom stereocenters. The van der Waals surface area contributed by atoms with Crippen molar-refractivity contribution in [3.05, 3.63) is 0 Å². The average Bonchev–Trinajstić information content (AvgIpc) is 3.05. The van der Waals surface area contributed by atoms with Gasteiger partial charge in [-0.1, -0.05) is 26.7 Å². The van der Waals surface area contributed by atoms with Crippen LogP contribution in [0, 0.1) is 5.41 Å². The predicted molar refractivity (Wildman–Crippen MR) is 65.7 cm³/mol. The minimum Gasteiger partial charge on any atom is -0.465 e. The van der Waals surface area contributed by atoms with Gasteiger partial charge in [-0.15, -0.1) is 0 Å². The highest BCUT2D eigenvalue weighted by Gasteiger charge is 2.48. The number of fused-ring (bicyclic) bond motifs is 1. The van der Waals surface area contributed by atoms with Crippen LogP contribution in [0.2, 0.25) is 0 Å². The lowest BCUT2D eigenvalue weighted by Gasteiger charge is -2.30. The zero-order chi connectivity index (χ0) is 12.3. The molecule has 0 radical (unpaired) electrons. The summed E-state index contributed by atoms with van der Waals surface area (Å²) in [6.07, 6.45) is 8.07. The second-order valence-corrected chi connectivity index (χ2v) is 5.88. The van der Waals surface area contributed by atoms with E-state index in [1.165, 1.54) is 0 Å². The van der Waals surface area contributed by atoms with E-state index in [9.17, 15) is 4.79 Å². The fraction of sp³-hybridized carbons (Fsp3) is 0.929. The molecular formula is C14H24O3. The van der Waals surface area contributed by atoms with E-state index in [0.29, 0.717) is 25.2 Å². The number of ether oxygens (including phenoxy) is 2. The van der Waals surface area contributed by atoms with E-state index in [2.05, 4.69) is 13.8 Å². The summed E-state index contributed by atoms with van der Waals surface area (Å²) in [4.78, 5) is 11.5. The van der Waals surface area contributed by atoms with Crippen LogP contribution in [0.1, 0.15) is 58.8 Å². The number of unbranched alkanes of at least 4 members (excludes halogenated alkanes) is 2. The Bertz CT molecular complexity index is 277. The number of esters is 1. The number of hydrogen-bond donors (Lipinski definition) is 0. The van der Waals surface area contributed by atoms with Gasteiger partial charge in [0.15, 0.2) is 0 Å². The first-order valence-corrected chi connectivity index (χ1v) is 6.94. The molecule has 3 heteroatoms. The van der Waals surface area contributed by atoms with E-state index < -0.39 is 0 Å². The minimum atomic E-state index is -0.0292. The molecule has 2 aliphatic rings. The molecule has 0 aromatic rings. The molecule has 2 rings (SSSR count). The first kappa shape index (κ1) is 12.9. The molecule has 1 saturated carbocycles. The molecule has 0 spiro atoms. The number of carbonyl (C=O) groups excluding carboxylic acids is 1. The third-order valence-electron chi connectivity index (χ3n) is 3.98. The van der Waals surface area contributed by atoms with Crippen molar-refractivity contribution in [3.8, 4) is 0 Å². The first-order valence-electron chi connectivity index (χ1n) is 6.94. The topological polar surface area (TPSA) is 38.8 Å². The third kappa shape index (κ3) is 3.70. The van der Waals surface area contributed by atoms with Gasteiger partial charge in [-0.25, -0.2) is 0 Å². The molecular weight excluding hydrogens is 216 g/mol. The molecule has 0 aromatic carbocycles. The van der Waals surface area contributed by atoms with Crippen molar-refractivity contribution in [1.29, 1.82) is 0 Å². The van der Waals surface area contributed by atoms with Crippen LogP contribution >= 0.6 is 0 Å². The van der Waals surface area contributed by atoms with E-state index in [-0.39, 0.29) is 11.4 Å². The maximum absolute atomic E-state index is 11.5. The lowest BCUT2D eigenvalue weighted by atomic mass is 9.76. The number of carbonyl (C=O) groups is 1. The van der Waals surface area contributed by atoms with E-state index in [0.717, 1.165) is 38.5 Å². The van der Waals surface area contributed by atoms with Gasteiger partial charge in [-0.3, -0.25) is 4.79 Å². The first-order chi connectivity index (χ1) is 8.13. The van der Waals surface area contributed by atoms with Crippen molar-refractivity contribution in [2.75, 3.05) is 6.61 Å². The number of hydrogen-bond acceptors (Lipinski definition) is 3. The lowest BCUT2D eigenvalue weighted by Crippen LogP contribution is -2.30. The highest BCUT2D eigenvalue weighted by molar-refractivity contribution is 5.69. The summed E-state index contributed by atoms with van der Waals surface area (Å²) >= 11 is 0. The molecule has 17 heavy (non-hydrogen) atoms. The average molecular weight is 240 g/mol. The van der Waals surface area contributed by atoms with Crippen LogP contribution in [-0.2, 0) is 14.3 Å². The maximum atomic E-state index is 11.5. The maximum Gasteiger partial charge on any atom is 0.305 e. The monoisotopic (exact) mass is 240 g/mol. The van der Waals surface area contributed by atoms with Crippen LogP contribution < -0.4 is 0 Å². The minimum absolute atomic E-state index is 0.0292. The van der Waals surface area contributed by atoms with Crippen molar-refractivity contribution >= 4 is 5.97 Å². The van der Waals surface area contributed by atoms with E-state index in [1.54, 1.807) is 0 Å². The van der Waals surface area contributed by atoms with Crippen molar-refractivity contribution in [1.82, 2.24) is 0 Å². The Balaban J connectivity index is 1.64. The highest BCUT2D eigenvalue weighted by Crippen LogP contribution is 2.46. The summed E-state index contributed by atoms with van der Waals surface area (Å²) < 4.78 is 10.9. The van der Waals surface area contributed by atoms with E-state index in [4.69, 9.17) is 9.47 Å². The van der Waals surface area contributed by atoms with Crippen LogP contribution in [-0.4, -0.2) is 24.8 Å². The smallest absolute Gasteiger partial charge is 0.305 e. The standard InChI is InChI=1S/C14H24O3/c1-3-4-5-6-13(15)16-10-14(2)8-7-11-12(9-14)17-11/h11-12H,3-10H2,1-2H3. The van der Waals surface area contributed by atoms with Gasteiger partial charge in [0, 0.05) is 11.8 Å². The summed E-state index contributed by atoms with van der Waals surface area (Å²) in [5.41, 5.74) is 0.151. The van der Waals surface area contributed by atoms with Crippen LogP contribution in [0.4, 0.5) is 0 Å². The zero-order valence-corrected chi connectivity index (χ0v) is 11.0. The lowest BCUT2D eigenvalue weighted by molar-refractivity contribution is -0.147. The Morgan fingerprint density at radius 2 is 2.24 bits per heavy atom. The Labute approximate surface area is 104 Å². The molecule has 1 aliphatic carbocycles. The molecule has 2 fully saturated rings. The largest absolute Gasteiger partial charge is 0.465 e. The van der Waals surface area contributed by atoms with Gasteiger partial charge in [-0.05, 0) is 25.7 Å². The molecule has 3 atom stereocenters. The molecule has 0 aromatic heterocycles. The molecule has 0 bridgehead atoms. The second-order valence-electron chi connectivity index (χ2n) is 5.88. The Morgan fingerprint density at radius 1 is 1.41 bits per heavy atom. The third-order valence-corrected chi connectivity index (χ3v) is 3.98. The van der Waals surface area contributed by atoms with Crippen LogP contribution in [0.25, 0.3) is 0 Å².